The number of carbonyl (C=O) groups excluding carboxylic acids is 1. The van der Waals surface area contributed by atoms with E-state index >= 15 is 0 Å². The van der Waals surface area contributed by atoms with Crippen molar-refractivity contribution in [3.63, 3.8) is 0 Å². The Hall–Kier alpha value is -3.20. The van der Waals surface area contributed by atoms with Crippen LogP contribution in [0.15, 0.2) is 41.6 Å². The van der Waals surface area contributed by atoms with E-state index in [1.165, 1.54) is 11.8 Å². The van der Waals surface area contributed by atoms with Gasteiger partial charge in [0.1, 0.15) is 11.5 Å². The molecule has 1 saturated carbocycles. The minimum atomic E-state index is -0.129. The maximum atomic E-state index is 12.8. The van der Waals surface area contributed by atoms with Crippen molar-refractivity contribution in [1.82, 2.24) is 14.8 Å². The number of benzene rings is 2. The Balaban J connectivity index is 1.82. The van der Waals surface area contributed by atoms with E-state index in [0.717, 1.165) is 42.7 Å². The highest BCUT2D eigenvalue weighted by molar-refractivity contribution is 8.00. The van der Waals surface area contributed by atoms with Crippen molar-refractivity contribution in [2.45, 2.75) is 49.4 Å². The van der Waals surface area contributed by atoms with Gasteiger partial charge in [-0.2, -0.15) is 0 Å². The lowest BCUT2D eigenvalue weighted by Crippen LogP contribution is -2.16. The highest BCUT2D eigenvalue weighted by Crippen LogP contribution is 2.42. The first-order chi connectivity index (χ1) is 17.1. The molecular formula is C26H31N3O5S. The van der Waals surface area contributed by atoms with Crippen LogP contribution in [0.5, 0.6) is 23.0 Å². The zero-order valence-corrected chi connectivity index (χ0v) is 21.4. The van der Waals surface area contributed by atoms with Gasteiger partial charge < -0.3 is 18.9 Å². The minimum Gasteiger partial charge on any atom is -0.494 e. The first-order valence-corrected chi connectivity index (χ1v) is 12.7. The molecule has 3 aromatic rings. The molecule has 0 radical (unpaired) electrons. The summed E-state index contributed by atoms with van der Waals surface area (Å²) in [6, 6.07) is 11.5. The fourth-order valence-corrected chi connectivity index (χ4v) is 5.39. The number of ether oxygens (including phenoxy) is 4. The molecule has 186 valence electrons. The summed E-state index contributed by atoms with van der Waals surface area (Å²) >= 11 is 1.49. The molecular weight excluding hydrogens is 466 g/mol. The Morgan fingerprint density at radius 1 is 0.971 bits per heavy atom. The van der Waals surface area contributed by atoms with Gasteiger partial charge in [0.05, 0.1) is 33.2 Å². The van der Waals surface area contributed by atoms with Crippen molar-refractivity contribution in [2.24, 2.45) is 0 Å². The Labute approximate surface area is 209 Å². The lowest BCUT2D eigenvalue weighted by molar-refractivity contribution is -0.118. The van der Waals surface area contributed by atoms with Gasteiger partial charge >= 0.3 is 0 Å². The van der Waals surface area contributed by atoms with Crippen LogP contribution in [0, 0.1) is 0 Å². The molecule has 35 heavy (non-hydrogen) atoms. The molecule has 0 bridgehead atoms. The normalized spacial score (nSPS) is 16.0. The number of hydrogen-bond donors (Lipinski definition) is 0. The third-order valence-electron chi connectivity index (χ3n) is 5.96. The highest BCUT2D eigenvalue weighted by Gasteiger charge is 2.27. The van der Waals surface area contributed by atoms with E-state index in [4.69, 9.17) is 18.9 Å². The number of hydrogen-bond acceptors (Lipinski definition) is 8. The Morgan fingerprint density at radius 2 is 1.69 bits per heavy atom. The van der Waals surface area contributed by atoms with Gasteiger partial charge in [-0.25, -0.2) is 0 Å². The van der Waals surface area contributed by atoms with Crippen LogP contribution in [0.2, 0.25) is 0 Å². The summed E-state index contributed by atoms with van der Waals surface area (Å²) in [5.74, 6) is 3.23. The third kappa shape index (κ3) is 5.40. The lowest BCUT2D eigenvalue weighted by Gasteiger charge is -2.16. The monoisotopic (exact) mass is 497 g/mol. The molecule has 1 heterocycles. The number of rotatable bonds is 9. The highest BCUT2D eigenvalue weighted by atomic mass is 32.2. The quantitative estimate of drug-likeness (QED) is 0.366. The molecule has 1 aliphatic rings. The van der Waals surface area contributed by atoms with Crippen LogP contribution in [0.4, 0.5) is 0 Å². The van der Waals surface area contributed by atoms with Gasteiger partial charge in [-0.05, 0) is 56.2 Å². The van der Waals surface area contributed by atoms with Crippen LogP contribution in [0.3, 0.4) is 0 Å². The Kier molecular flexibility index (Phi) is 8.17. The second-order valence-corrected chi connectivity index (χ2v) is 9.32. The van der Waals surface area contributed by atoms with Crippen LogP contribution >= 0.6 is 11.8 Å². The summed E-state index contributed by atoms with van der Waals surface area (Å²) in [7, 11) is 4.73. The zero-order valence-electron chi connectivity index (χ0n) is 20.6. The first-order valence-electron chi connectivity index (χ1n) is 11.8. The smallest absolute Gasteiger partial charge is 0.203 e. The SMILES string of the molecule is CCOc1ccc(-n2c(S[C@H]3CCCCCC3=O)nnc2-c2cc(OC)c(OC)c(OC)c2)cc1. The molecule has 4 rings (SSSR count). The van der Waals surface area contributed by atoms with Crippen LogP contribution in [0.1, 0.15) is 39.0 Å². The van der Waals surface area contributed by atoms with Gasteiger partial charge in [-0.1, -0.05) is 24.6 Å². The number of carbonyl (C=O) groups is 1. The van der Waals surface area contributed by atoms with Crippen LogP contribution in [-0.4, -0.2) is 53.7 Å². The number of aromatic nitrogens is 3. The van der Waals surface area contributed by atoms with Gasteiger partial charge in [0.15, 0.2) is 22.5 Å². The van der Waals surface area contributed by atoms with Crippen LogP contribution < -0.4 is 18.9 Å². The maximum absolute atomic E-state index is 12.8. The van der Waals surface area contributed by atoms with E-state index in [0.29, 0.717) is 41.3 Å². The lowest BCUT2D eigenvalue weighted by atomic mass is 10.1. The van der Waals surface area contributed by atoms with Crippen molar-refractivity contribution in [3.05, 3.63) is 36.4 Å². The van der Waals surface area contributed by atoms with Crippen LogP contribution in [-0.2, 0) is 4.79 Å². The molecule has 8 nitrogen and oxygen atoms in total. The maximum Gasteiger partial charge on any atom is 0.203 e. The number of nitrogens with zero attached hydrogens (tertiary/aromatic N) is 3. The van der Waals surface area contributed by atoms with Gasteiger partial charge in [-0.3, -0.25) is 9.36 Å². The number of thioether (sulfide) groups is 1. The van der Waals surface area contributed by atoms with Crippen LogP contribution in [0.25, 0.3) is 17.1 Å². The van der Waals surface area contributed by atoms with Crippen molar-refractivity contribution in [1.29, 1.82) is 0 Å². The number of ketones is 1. The molecule has 0 aliphatic heterocycles. The molecule has 9 heteroatoms. The van der Waals surface area contributed by atoms with Crippen molar-refractivity contribution in [3.8, 4) is 40.1 Å². The second-order valence-electron chi connectivity index (χ2n) is 8.15. The predicted octanol–water partition coefficient (Wildman–Crippen LogP) is 5.35. The fraction of sp³-hybridized carbons (Fsp3) is 0.423. The molecule has 2 aromatic carbocycles. The molecule has 0 amide bonds. The fourth-order valence-electron chi connectivity index (χ4n) is 4.21. The topological polar surface area (TPSA) is 84.7 Å². The zero-order chi connectivity index (χ0) is 24.8. The van der Waals surface area contributed by atoms with Gasteiger partial charge in [0, 0.05) is 17.7 Å². The summed E-state index contributed by atoms with van der Waals surface area (Å²) in [5, 5.41) is 9.60. The summed E-state index contributed by atoms with van der Waals surface area (Å²) < 4.78 is 24.2. The molecule has 1 aromatic heterocycles. The van der Waals surface area contributed by atoms with Crippen molar-refractivity contribution < 1.29 is 23.7 Å². The molecule has 0 saturated heterocycles. The standard InChI is InChI=1S/C26H31N3O5S/c1-5-34-19-13-11-18(12-14-19)29-25(17-15-21(31-2)24(33-4)22(16-17)32-3)27-28-26(29)35-23-10-8-6-7-9-20(23)30/h11-16,23H,5-10H2,1-4H3/t23-/m0/s1. The molecule has 0 unspecified atom stereocenters. The van der Waals surface area contributed by atoms with Gasteiger partial charge in [-0.15, -0.1) is 10.2 Å². The van der Waals surface area contributed by atoms with E-state index in [2.05, 4.69) is 10.2 Å². The first kappa shape index (κ1) is 24.9. The average molecular weight is 498 g/mol. The van der Waals surface area contributed by atoms with Crippen molar-refractivity contribution >= 4 is 17.5 Å². The molecule has 0 N–H and O–H groups in total. The largest absolute Gasteiger partial charge is 0.494 e. The summed E-state index contributed by atoms with van der Waals surface area (Å²) in [4.78, 5) is 12.8. The second kappa shape index (κ2) is 11.5. The molecule has 1 aliphatic carbocycles. The van der Waals surface area contributed by atoms with E-state index < -0.39 is 0 Å². The number of methoxy groups -OCH3 is 3. The number of Topliss-reactive ketones (excluding diaryl/α,β-unsaturated/α-hetero) is 1. The summed E-state index contributed by atoms with van der Waals surface area (Å²) in [5.41, 5.74) is 1.62. The van der Waals surface area contributed by atoms with Crippen molar-refractivity contribution in [2.75, 3.05) is 27.9 Å². The minimum absolute atomic E-state index is 0.129. The predicted molar refractivity (Wildman–Crippen MR) is 135 cm³/mol. The molecule has 1 fully saturated rings. The third-order valence-corrected chi connectivity index (χ3v) is 7.22. The average Bonchev–Trinajstić information content (AvgIpc) is 3.19. The summed E-state index contributed by atoms with van der Waals surface area (Å²) in [6.07, 6.45) is 4.55. The van der Waals surface area contributed by atoms with E-state index in [-0.39, 0.29) is 11.0 Å². The Bertz CT molecular complexity index is 1140. The summed E-state index contributed by atoms with van der Waals surface area (Å²) in [6.45, 7) is 2.54. The van der Waals surface area contributed by atoms with Gasteiger partial charge in [0.2, 0.25) is 5.75 Å². The van der Waals surface area contributed by atoms with E-state index in [1.807, 2.05) is 47.9 Å². The van der Waals surface area contributed by atoms with Gasteiger partial charge in [0.25, 0.3) is 0 Å². The van der Waals surface area contributed by atoms with E-state index in [9.17, 15) is 4.79 Å². The van der Waals surface area contributed by atoms with E-state index in [1.54, 1.807) is 21.3 Å². The Morgan fingerprint density at radius 3 is 2.31 bits per heavy atom. The molecule has 1 atom stereocenters. The molecule has 0 spiro atoms.